The minimum atomic E-state index is -0.131. The van der Waals surface area contributed by atoms with E-state index in [1.54, 1.807) is 0 Å². The summed E-state index contributed by atoms with van der Waals surface area (Å²) in [6.45, 7) is 12.4. The minimum absolute atomic E-state index is 0.131. The van der Waals surface area contributed by atoms with Gasteiger partial charge in [-0.3, -0.25) is 0 Å². The maximum Gasteiger partial charge on any atom is 0.138 e. The molecule has 0 atom stereocenters. The Labute approximate surface area is 97.3 Å². The topological polar surface area (TPSA) is 47.3 Å². The fraction of sp³-hybridized carbons (Fsp3) is 0.750. The van der Waals surface area contributed by atoms with Gasteiger partial charge in [-0.25, -0.2) is 0 Å². The summed E-state index contributed by atoms with van der Waals surface area (Å²) in [5.41, 5.74) is 1.97. The molecule has 0 saturated carbocycles. The lowest BCUT2D eigenvalue weighted by Gasteiger charge is -2.24. The zero-order valence-electron chi connectivity index (χ0n) is 10.9. The van der Waals surface area contributed by atoms with Crippen LogP contribution in [-0.2, 0) is 11.3 Å². The molecule has 92 valence electrons. The number of hydrogen-bond acceptors (Lipinski definition) is 4. The van der Waals surface area contributed by atoms with Gasteiger partial charge in [-0.05, 0) is 34.6 Å². The first kappa shape index (κ1) is 13.2. The lowest BCUT2D eigenvalue weighted by atomic mass is 10.1. The first-order valence-electron chi connectivity index (χ1n) is 5.72. The summed E-state index contributed by atoms with van der Waals surface area (Å²) in [5, 5.41) is 7.29. The summed E-state index contributed by atoms with van der Waals surface area (Å²) < 4.78 is 10.7. The van der Waals surface area contributed by atoms with Crippen molar-refractivity contribution < 1.29 is 9.26 Å². The molecule has 1 N–H and O–H groups in total. The fourth-order valence-corrected chi connectivity index (χ4v) is 1.68. The van der Waals surface area contributed by atoms with Gasteiger partial charge in [0.1, 0.15) is 5.76 Å². The molecule has 0 aromatic carbocycles. The fourth-order valence-electron chi connectivity index (χ4n) is 1.68. The van der Waals surface area contributed by atoms with E-state index in [1.165, 1.54) is 0 Å². The zero-order chi connectivity index (χ0) is 12.2. The molecule has 0 spiro atoms. The molecular weight excluding hydrogens is 204 g/mol. The summed E-state index contributed by atoms with van der Waals surface area (Å²) in [7, 11) is 0. The first-order valence-corrected chi connectivity index (χ1v) is 5.72. The Balaban J connectivity index is 2.41. The molecule has 0 aliphatic heterocycles. The van der Waals surface area contributed by atoms with Crippen LogP contribution in [0.15, 0.2) is 4.52 Å². The van der Waals surface area contributed by atoms with Crippen LogP contribution in [0, 0.1) is 13.8 Å². The number of nitrogens with zero attached hydrogens (tertiary/aromatic N) is 1. The number of ether oxygens (including phenoxy) is 1. The summed E-state index contributed by atoms with van der Waals surface area (Å²) in [5.74, 6) is 0.888. The van der Waals surface area contributed by atoms with E-state index in [4.69, 9.17) is 9.26 Å². The van der Waals surface area contributed by atoms with Crippen LogP contribution in [0.5, 0.6) is 0 Å². The lowest BCUT2D eigenvalue weighted by Crippen LogP contribution is -2.37. The molecule has 1 rings (SSSR count). The van der Waals surface area contributed by atoms with Crippen LogP contribution in [0.3, 0.4) is 0 Å². The maximum atomic E-state index is 5.61. The molecular formula is C12H22N2O2. The number of aromatic nitrogens is 1. The highest BCUT2D eigenvalue weighted by atomic mass is 16.5. The van der Waals surface area contributed by atoms with Crippen LogP contribution in [0.4, 0.5) is 0 Å². The summed E-state index contributed by atoms with van der Waals surface area (Å²) in [4.78, 5) is 0. The maximum absolute atomic E-state index is 5.61. The Morgan fingerprint density at radius 3 is 2.56 bits per heavy atom. The molecule has 0 aliphatic carbocycles. The van der Waals surface area contributed by atoms with Crippen LogP contribution < -0.4 is 5.32 Å². The van der Waals surface area contributed by atoms with Crippen molar-refractivity contribution in [3.8, 4) is 0 Å². The smallest absolute Gasteiger partial charge is 0.138 e. The third-order valence-electron chi connectivity index (χ3n) is 2.57. The Morgan fingerprint density at radius 1 is 1.38 bits per heavy atom. The number of nitrogens with one attached hydrogen (secondary N) is 1. The Hall–Kier alpha value is -0.870. The molecule has 0 fully saturated rings. The van der Waals surface area contributed by atoms with Gasteiger partial charge in [-0.1, -0.05) is 5.16 Å². The second kappa shape index (κ2) is 5.46. The van der Waals surface area contributed by atoms with Gasteiger partial charge in [0.05, 0.1) is 11.3 Å². The molecule has 0 bridgehead atoms. The third kappa shape index (κ3) is 3.61. The van der Waals surface area contributed by atoms with E-state index < -0.39 is 0 Å². The molecule has 0 saturated heterocycles. The van der Waals surface area contributed by atoms with Gasteiger partial charge >= 0.3 is 0 Å². The van der Waals surface area contributed by atoms with Crippen LogP contribution in [0.25, 0.3) is 0 Å². The average molecular weight is 226 g/mol. The van der Waals surface area contributed by atoms with E-state index in [1.807, 2.05) is 20.8 Å². The van der Waals surface area contributed by atoms with E-state index in [9.17, 15) is 0 Å². The van der Waals surface area contributed by atoms with Crippen molar-refractivity contribution in [3.63, 3.8) is 0 Å². The molecule has 0 radical (unpaired) electrons. The first-order chi connectivity index (χ1) is 7.46. The van der Waals surface area contributed by atoms with Crippen molar-refractivity contribution in [3.05, 3.63) is 17.0 Å². The van der Waals surface area contributed by atoms with Crippen LogP contribution >= 0.6 is 0 Å². The normalized spacial score (nSPS) is 12.1. The Bertz CT molecular complexity index is 312. The van der Waals surface area contributed by atoms with E-state index in [2.05, 4.69) is 24.3 Å². The van der Waals surface area contributed by atoms with Gasteiger partial charge in [0.25, 0.3) is 0 Å². The molecule has 0 amide bonds. The van der Waals surface area contributed by atoms with Crippen LogP contribution in [-0.4, -0.2) is 23.9 Å². The van der Waals surface area contributed by atoms with Crippen LogP contribution in [0.1, 0.15) is 37.8 Å². The van der Waals surface area contributed by atoms with E-state index >= 15 is 0 Å². The summed E-state index contributed by atoms with van der Waals surface area (Å²) in [6, 6.07) is 0. The third-order valence-corrected chi connectivity index (χ3v) is 2.57. The van der Waals surface area contributed by atoms with Crippen molar-refractivity contribution in [2.45, 2.75) is 46.8 Å². The van der Waals surface area contributed by atoms with E-state index in [-0.39, 0.29) is 5.60 Å². The quantitative estimate of drug-likeness (QED) is 0.807. The predicted octanol–water partition coefficient (Wildman–Crippen LogP) is 2.20. The number of aryl methyl sites for hydroxylation is 2. The van der Waals surface area contributed by atoms with Gasteiger partial charge in [0, 0.05) is 25.3 Å². The van der Waals surface area contributed by atoms with Crippen molar-refractivity contribution in [1.29, 1.82) is 0 Å². The number of rotatable bonds is 6. The van der Waals surface area contributed by atoms with Gasteiger partial charge < -0.3 is 14.6 Å². The van der Waals surface area contributed by atoms with Gasteiger partial charge in [-0.2, -0.15) is 0 Å². The minimum Gasteiger partial charge on any atom is -0.375 e. The van der Waals surface area contributed by atoms with Crippen LogP contribution in [0.2, 0.25) is 0 Å². The molecule has 4 nitrogen and oxygen atoms in total. The van der Waals surface area contributed by atoms with E-state index in [0.29, 0.717) is 0 Å². The molecule has 16 heavy (non-hydrogen) atoms. The van der Waals surface area contributed by atoms with Crippen molar-refractivity contribution in [2.24, 2.45) is 0 Å². The zero-order valence-corrected chi connectivity index (χ0v) is 10.9. The van der Waals surface area contributed by atoms with Crippen molar-refractivity contribution in [2.75, 3.05) is 13.2 Å². The highest BCUT2D eigenvalue weighted by Gasteiger charge is 2.17. The number of hydrogen-bond donors (Lipinski definition) is 1. The average Bonchev–Trinajstić information content (AvgIpc) is 2.48. The molecule has 1 aromatic rings. The Morgan fingerprint density at radius 2 is 2.06 bits per heavy atom. The largest absolute Gasteiger partial charge is 0.375 e. The molecule has 1 heterocycles. The summed E-state index contributed by atoms with van der Waals surface area (Å²) >= 11 is 0. The van der Waals surface area contributed by atoms with Gasteiger partial charge in [0.2, 0.25) is 0 Å². The van der Waals surface area contributed by atoms with E-state index in [0.717, 1.165) is 36.7 Å². The SMILES string of the molecule is CCOC(C)(C)CNCc1c(C)noc1C. The molecule has 1 aromatic heterocycles. The standard InChI is InChI=1S/C12H22N2O2/c1-6-15-12(4,5)8-13-7-11-9(2)14-16-10(11)3/h13H,6-8H2,1-5H3. The molecule has 0 unspecified atom stereocenters. The highest BCUT2D eigenvalue weighted by Crippen LogP contribution is 2.12. The van der Waals surface area contributed by atoms with Gasteiger partial charge in [0.15, 0.2) is 0 Å². The molecule has 0 aliphatic rings. The van der Waals surface area contributed by atoms with Crippen molar-refractivity contribution >= 4 is 0 Å². The van der Waals surface area contributed by atoms with Gasteiger partial charge in [-0.15, -0.1) is 0 Å². The second-order valence-electron chi connectivity index (χ2n) is 4.60. The highest BCUT2D eigenvalue weighted by molar-refractivity contribution is 5.20. The second-order valence-corrected chi connectivity index (χ2v) is 4.60. The lowest BCUT2D eigenvalue weighted by molar-refractivity contribution is -0.00900. The van der Waals surface area contributed by atoms with Crippen molar-refractivity contribution in [1.82, 2.24) is 10.5 Å². The predicted molar refractivity (Wildman–Crippen MR) is 63.4 cm³/mol. The molecule has 4 heteroatoms. The summed E-state index contributed by atoms with van der Waals surface area (Å²) in [6.07, 6.45) is 0. The monoisotopic (exact) mass is 226 g/mol. The Kier molecular flexibility index (Phi) is 4.50.